The van der Waals surface area contributed by atoms with Crippen LogP contribution in [0.3, 0.4) is 0 Å². The Morgan fingerprint density at radius 3 is 2.55 bits per heavy atom. The molecule has 3 rings (SSSR count). The third-order valence-corrected chi connectivity index (χ3v) is 4.27. The van der Waals surface area contributed by atoms with Crippen LogP contribution < -0.4 is 11.2 Å². The minimum Gasteiger partial charge on any atom is -0.313 e. The lowest BCUT2D eigenvalue weighted by atomic mass is 10.2. The first-order valence-electron chi connectivity index (χ1n) is 6.64. The standard InChI is InChI=1S/C14H12BrClN4O2/c1-2-19-10-11(17-13(19)15)20(14(22)18-12(10)21)7-8-3-5-9(16)6-4-8/h3-6H,2,7H2,1H3,(H,18,21,22). The number of rotatable bonds is 3. The van der Waals surface area contributed by atoms with Crippen LogP contribution >= 0.6 is 27.5 Å². The minimum atomic E-state index is -0.485. The highest BCUT2D eigenvalue weighted by Crippen LogP contribution is 2.17. The van der Waals surface area contributed by atoms with Crippen molar-refractivity contribution in [2.75, 3.05) is 0 Å². The summed E-state index contributed by atoms with van der Waals surface area (Å²) < 4.78 is 3.68. The molecule has 0 saturated heterocycles. The average molecular weight is 384 g/mol. The third-order valence-electron chi connectivity index (χ3n) is 3.41. The van der Waals surface area contributed by atoms with Crippen molar-refractivity contribution in [2.24, 2.45) is 0 Å². The van der Waals surface area contributed by atoms with Gasteiger partial charge >= 0.3 is 5.69 Å². The van der Waals surface area contributed by atoms with E-state index in [1.807, 2.05) is 19.1 Å². The zero-order valence-corrected chi connectivity index (χ0v) is 14.0. The van der Waals surface area contributed by atoms with Crippen LogP contribution in [0.2, 0.25) is 5.02 Å². The molecule has 0 aliphatic heterocycles. The van der Waals surface area contributed by atoms with Crippen molar-refractivity contribution in [3.8, 4) is 0 Å². The van der Waals surface area contributed by atoms with E-state index in [4.69, 9.17) is 11.6 Å². The molecule has 2 heterocycles. The second kappa shape index (κ2) is 5.73. The lowest BCUT2D eigenvalue weighted by Gasteiger charge is -2.07. The SMILES string of the molecule is CCn1c(Br)nc2c1c(=O)[nH]c(=O)n2Cc1ccc(Cl)cc1. The lowest BCUT2D eigenvalue weighted by Crippen LogP contribution is -2.31. The molecule has 6 nitrogen and oxygen atoms in total. The second-order valence-electron chi connectivity index (χ2n) is 4.77. The van der Waals surface area contributed by atoms with Gasteiger partial charge in [-0.2, -0.15) is 0 Å². The molecular formula is C14H12BrClN4O2. The first-order chi connectivity index (χ1) is 10.5. The first kappa shape index (κ1) is 15.1. The van der Waals surface area contributed by atoms with Crippen LogP contribution in [-0.2, 0) is 13.1 Å². The Morgan fingerprint density at radius 1 is 1.23 bits per heavy atom. The zero-order valence-electron chi connectivity index (χ0n) is 11.6. The summed E-state index contributed by atoms with van der Waals surface area (Å²) in [6.07, 6.45) is 0. The molecule has 22 heavy (non-hydrogen) atoms. The Hall–Kier alpha value is -1.86. The van der Waals surface area contributed by atoms with E-state index in [9.17, 15) is 9.59 Å². The number of benzene rings is 1. The van der Waals surface area contributed by atoms with Crippen LogP contribution in [0.15, 0.2) is 38.6 Å². The Kier molecular flexibility index (Phi) is 3.92. The van der Waals surface area contributed by atoms with Gasteiger partial charge in [-0.25, -0.2) is 9.78 Å². The maximum atomic E-state index is 12.2. The van der Waals surface area contributed by atoms with Crippen molar-refractivity contribution in [3.63, 3.8) is 0 Å². The molecule has 2 aromatic heterocycles. The van der Waals surface area contributed by atoms with Crippen molar-refractivity contribution in [3.05, 3.63) is 60.4 Å². The lowest BCUT2D eigenvalue weighted by molar-refractivity contribution is 0.740. The first-order valence-corrected chi connectivity index (χ1v) is 7.81. The van der Waals surface area contributed by atoms with Crippen molar-refractivity contribution in [1.82, 2.24) is 19.1 Å². The number of aromatic nitrogens is 4. The Morgan fingerprint density at radius 2 is 1.91 bits per heavy atom. The molecule has 0 amide bonds. The molecule has 1 N–H and O–H groups in total. The number of nitrogens with one attached hydrogen (secondary N) is 1. The second-order valence-corrected chi connectivity index (χ2v) is 5.91. The summed E-state index contributed by atoms with van der Waals surface area (Å²) in [5, 5.41) is 0.626. The van der Waals surface area contributed by atoms with E-state index in [1.54, 1.807) is 16.7 Å². The minimum absolute atomic E-state index is 0.302. The number of hydrogen-bond acceptors (Lipinski definition) is 3. The number of hydrogen-bond donors (Lipinski definition) is 1. The summed E-state index contributed by atoms with van der Waals surface area (Å²) in [4.78, 5) is 30.9. The van der Waals surface area contributed by atoms with Gasteiger partial charge in [-0.15, -0.1) is 0 Å². The number of H-pyrrole nitrogens is 1. The zero-order chi connectivity index (χ0) is 15.9. The molecule has 8 heteroatoms. The Labute approximate surface area is 138 Å². The molecule has 0 atom stereocenters. The van der Waals surface area contributed by atoms with Crippen LogP contribution in [-0.4, -0.2) is 19.1 Å². The normalized spacial score (nSPS) is 11.2. The summed E-state index contributed by atoms with van der Waals surface area (Å²) in [7, 11) is 0. The van der Waals surface area contributed by atoms with Gasteiger partial charge in [0.15, 0.2) is 15.9 Å². The number of aromatic amines is 1. The number of halogens is 2. The number of nitrogens with zero attached hydrogens (tertiary/aromatic N) is 3. The topological polar surface area (TPSA) is 72.7 Å². The van der Waals surface area contributed by atoms with Crippen LogP contribution in [0.4, 0.5) is 0 Å². The highest BCUT2D eigenvalue weighted by Gasteiger charge is 2.16. The molecule has 0 fully saturated rings. The quantitative estimate of drug-likeness (QED) is 0.706. The van der Waals surface area contributed by atoms with Gasteiger partial charge in [0.2, 0.25) is 0 Å². The largest absolute Gasteiger partial charge is 0.330 e. The molecule has 114 valence electrons. The van der Waals surface area contributed by atoms with E-state index in [1.165, 1.54) is 4.57 Å². The predicted octanol–water partition coefficient (Wildman–Crippen LogP) is 2.37. The number of imidazole rings is 1. The van der Waals surface area contributed by atoms with Crippen LogP contribution in [0.25, 0.3) is 11.2 Å². The highest BCUT2D eigenvalue weighted by atomic mass is 79.9. The summed E-state index contributed by atoms with van der Waals surface area (Å²) in [6, 6.07) is 7.17. The van der Waals surface area contributed by atoms with Gasteiger partial charge in [-0.3, -0.25) is 14.3 Å². The molecule has 0 bridgehead atoms. The fourth-order valence-corrected chi connectivity index (χ4v) is 3.08. The Bertz CT molecular complexity index is 956. The molecule has 0 aliphatic carbocycles. The summed E-state index contributed by atoms with van der Waals surface area (Å²) >= 11 is 9.19. The predicted molar refractivity (Wildman–Crippen MR) is 88.5 cm³/mol. The van der Waals surface area contributed by atoms with Crippen LogP contribution in [0.5, 0.6) is 0 Å². The van der Waals surface area contributed by atoms with Crippen molar-refractivity contribution in [1.29, 1.82) is 0 Å². The highest BCUT2D eigenvalue weighted by molar-refractivity contribution is 9.10. The third kappa shape index (κ3) is 2.50. The van der Waals surface area contributed by atoms with E-state index in [2.05, 4.69) is 25.9 Å². The van der Waals surface area contributed by atoms with E-state index in [0.717, 1.165) is 5.56 Å². The van der Waals surface area contributed by atoms with E-state index in [-0.39, 0.29) is 0 Å². The summed E-state index contributed by atoms with van der Waals surface area (Å²) in [5.74, 6) is 0. The average Bonchev–Trinajstić information content (AvgIpc) is 2.82. The van der Waals surface area contributed by atoms with Crippen molar-refractivity contribution >= 4 is 38.7 Å². The van der Waals surface area contributed by atoms with Crippen molar-refractivity contribution < 1.29 is 0 Å². The van der Waals surface area contributed by atoms with Crippen LogP contribution in [0, 0.1) is 0 Å². The Balaban J connectivity index is 2.23. The fraction of sp³-hybridized carbons (Fsp3) is 0.214. The van der Waals surface area contributed by atoms with Gasteiger partial charge in [0.25, 0.3) is 5.56 Å². The van der Waals surface area contributed by atoms with Crippen molar-refractivity contribution in [2.45, 2.75) is 20.0 Å². The van der Waals surface area contributed by atoms with E-state index < -0.39 is 11.2 Å². The number of aryl methyl sites for hydroxylation is 1. The molecule has 0 unspecified atom stereocenters. The van der Waals surface area contributed by atoms with Gasteiger partial charge in [0, 0.05) is 11.6 Å². The summed E-state index contributed by atoms with van der Waals surface area (Å²) in [5.41, 5.74) is 0.704. The molecule has 1 aromatic carbocycles. The van der Waals surface area contributed by atoms with Gasteiger partial charge in [0.05, 0.1) is 6.54 Å². The smallest absolute Gasteiger partial charge is 0.313 e. The molecule has 0 aliphatic rings. The van der Waals surface area contributed by atoms with Gasteiger partial charge < -0.3 is 4.57 Å². The van der Waals surface area contributed by atoms with E-state index >= 15 is 0 Å². The van der Waals surface area contributed by atoms with Gasteiger partial charge in [-0.1, -0.05) is 23.7 Å². The van der Waals surface area contributed by atoms with Gasteiger partial charge in [0.1, 0.15) is 0 Å². The van der Waals surface area contributed by atoms with E-state index in [0.29, 0.717) is 34.0 Å². The fourth-order valence-electron chi connectivity index (χ4n) is 2.35. The maximum Gasteiger partial charge on any atom is 0.330 e. The molecule has 3 aromatic rings. The van der Waals surface area contributed by atoms with Crippen LogP contribution in [0.1, 0.15) is 12.5 Å². The summed E-state index contributed by atoms with van der Waals surface area (Å²) in [6.45, 7) is 2.77. The monoisotopic (exact) mass is 382 g/mol. The molecule has 0 spiro atoms. The molecular weight excluding hydrogens is 372 g/mol. The molecule has 0 radical (unpaired) electrons. The molecule has 0 saturated carbocycles. The maximum absolute atomic E-state index is 12.2. The van der Waals surface area contributed by atoms with Gasteiger partial charge in [-0.05, 0) is 40.5 Å². The number of fused-ring (bicyclic) bond motifs is 1.